The Bertz CT molecular complexity index is 437. The Hall–Kier alpha value is -0.840. The number of hydrogen-bond donors (Lipinski definition) is 1. The summed E-state index contributed by atoms with van der Waals surface area (Å²) < 4.78 is 12.3. The molecule has 2 unspecified atom stereocenters. The van der Waals surface area contributed by atoms with Crippen LogP contribution in [0.2, 0.25) is 0 Å². The summed E-state index contributed by atoms with van der Waals surface area (Å²) in [5.74, 6) is 0. The fraction of sp³-hybridized carbons (Fsp3) is 0.733. The van der Waals surface area contributed by atoms with Gasteiger partial charge < -0.3 is 19.7 Å². The van der Waals surface area contributed by atoms with Gasteiger partial charge in [-0.3, -0.25) is 0 Å². The first-order chi connectivity index (χ1) is 9.30. The summed E-state index contributed by atoms with van der Waals surface area (Å²) in [6, 6.07) is 0.412. The summed E-state index contributed by atoms with van der Waals surface area (Å²) in [5, 5.41) is 3.46. The zero-order valence-electron chi connectivity index (χ0n) is 11.5. The topological polar surface area (TPSA) is 33.7 Å². The standard InChI is InChI=1S/C15H22N2O2/c1-11-3-2-8-17-12-9-18-10-13(12)19-15(14(11)17)4-6-16-7-5-15/h2-3,12-13,16H,4-10H2,1H3. The second-order valence-electron chi connectivity index (χ2n) is 6.09. The monoisotopic (exact) mass is 262 g/mol. The van der Waals surface area contributed by atoms with Crippen molar-refractivity contribution in [2.24, 2.45) is 0 Å². The molecule has 104 valence electrons. The molecule has 0 saturated carbocycles. The molecule has 0 aliphatic carbocycles. The third-order valence-corrected chi connectivity index (χ3v) is 4.95. The van der Waals surface area contributed by atoms with Crippen molar-refractivity contribution in [3.8, 4) is 0 Å². The normalized spacial score (nSPS) is 36.6. The summed E-state index contributed by atoms with van der Waals surface area (Å²) in [5.41, 5.74) is 2.73. The second-order valence-corrected chi connectivity index (χ2v) is 6.09. The molecule has 3 fully saturated rings. The lowest BCUT2D eigenvalue weighted by atomic mass is 9.81. The van der Waals surface area contributed by atoms with E-state index in [4.69, 9.17) is 9.47 Å². The highest BCUT2D eigenvalue weighted by atomic mass is 16.6. The van der Waals surface area contributed by atoms with Crippen molar-refractivity contribution in [3.63, 3.8) is 0 Å². The van der Waals surface area contributed by atoms with E-state index < -0.39 is 0 Å². The molecule has 4 aliphatic heterocycles. The van der Waals surface area contributed by atoms with E-state index in [1.807, 2.05) is 0 Å². The minimum atomic E-state index is -0.0744. The van der Waals surface area contributed by atoms with E-state index in [2.05, 4.69) is 29.3 Å². The Morgan fingerprint density at radius 2 is 2.16 bits per heavy atom. The zero-order valence-corrected chi connectivity index (χ0v) is 11.5. The van der Waals surface area contributed by atoms with Gasteiger partial charge in [-0.2, -0.15) is 0 Å². The van der Waals surface area contributed by atoms with Crippen LogP contribution in [0.5, 0.6) is 0 Å². The molecule has 0 amide bonds. The van der Waals surface area contributed by atoms with Crippen LogP contribution in [0.4, 0.5) is 0 Å². The summed E-state index contributed by atoms with van der Waals surface area (Å²) in [7, 11) is 0. The molecule has 0 aromatic rings. The van der Waals surface area contributed by atoms with Crippen LogP contribution in [-0.4, -0.2) is 55.5 Å². The first kappa shape index (κ1) is 11.9. The van der Waals surface area contributed by atoms with Crippen molar-refractivity contribution in [1.29, 1.82) is 0 Å². The molecule has 0 bridgehead atoms. The maximum absolute atomic E-state index is 6.58. The lowest BCUT2D eigenvalue weighted by molar-refractivity contribution is -0.147. The van der Waals surface area contributed by atoms with Gasteiger partial charge in [0.05, 0.1) is 19.3 Å². The van der Waals surface area contributed by atoms with Crippen LogP contribution in [0.15, 0.2) is 23.4 Å². The van der Waals surface area contributed by atoms with Gasteiger partial charge in [-0.05, 0) is 38.4 Å². The zero-order chi connectivity index (χ0) is 12.9. The molecule has 0 radical (unpaired) electrons. The van der Waals surface area contributed by atoms with Crippen LogP contribution in [0.3, 0.4) is 0 Å². The summed E-state index contributed by atoms with van der Waals surface area (Å²) in [6.07, 6.45) is 6.94. The highest BCUT2D eigenvalue weighted by Crippen LogP contribution is 2.45. The van der Waals surface area contributed by atoms with Gasteiger partial charge in [0.15, 0.2) is 0 Å². The molecule has 0 aromatic carbocycles. The Morgan fingerprint density at radius 3 is 3.00 bits per heavy atom. The van der Waals surface area contributed by atoms with Crippen LogP contribution in [0.1, 0.15) is 19.8 Å². The van der Waals surface area contributed by atoms with E-state index in [1.54, 1.807) is 0 Å². The predicted octanol–water partition coefficient (Wildman–Crippen LogP) is 1.05. The highest BCUT2D eigenvalue weighted by molar-refractivity contribution is 5.36. The van der Waals surface area contributed by atoms with Gasteiger partial charge in [-0.15, -0.1) is 0 Å². The smallest absolute Gasteiger partial charge is 0.111 e. The summed E-state index contributed by atoms with van der Waals surface area (Å²) in [6.45, 7) is 6.90. The van der Waals surface area contributed by atoms with Crippen LogP contribution in [-0.2, 0) is 9.47 Å². The summed E-state index contributed by atoms with van der Waals surface area (Å²) in [4.78, 5) is 2.56. The maximum atomic E-state index is 6.58. The summed E-state index contributed by atoms with van der Waals surface area (Å²) >= 11 is 0. The number of allylic oxidation sites excluding steroid dienone is 2. The Labute approximate surface area is 114 Å². The van der Waals surface area contributed by atoms with E-state index in [9.17, 15) is 0 Å². The molecular formula is C15H22N2O2. The third-order valence-electron chi connectivity index (χ3n) is 4.95. The van der Waals surface area contributed by atoms with Gasteiger partial charge in [-0.25, -0.2) is 0 Å². The quantitative estimate of drug-likeness (QED) is 0.707. The fourth-order valence-electron chi connectivity index (χ4n) is 4.12. The maximum Gasteiger partial charge on any atom is 0.111 e. The molecular weight excluding hydrogens is 240 g/mol. The lowest BCUT2D eigenvalue weighted by Gasteiger charge is -2.54. The van der Waals surface area contributed by atoms with Crippen molar-refractivity contribution < 1.29 is 9.47 Å². The number of fused-ring (bicyclic) bond motifs is 4. The van der Waals surface area contributed by atoms with Gasteiger partial charge in [-0.1, -0.05) is 12.2 Å². The molecule has 19 heavy (non-hydrogen) atoms. The molecule has 4 heterocycles. The lowest BCUT2D eigenvalue weighted by Crippen LogP contribution is -2.62. The van der Waals surface area contributed by atoms with Gasteiger partial charge in [0.2, 0.25) is 0 Å². The Balaban J connectivity index is 1.78. The molecule has 2 atom stereocenters. The minimum absolute atomic E-state index is 0.0744. The van der Waals surface area contributed by atoms with E-state index in [0.29, 0.717) is 6.04 Å². The minimum Gasteiger partial charge on any atom is -0.376 e. The largest absolute Gasteiger partial charge is 0.376 e. The van der Waals surface area contributed by atoms with Crippen molar-refractivity contribution in [1.82, 2.24) is 10.2 Å². The van der Waals surface area contributed by atoms with Gasteiger partial charge in [0, 0.05) is 12.2 Å². The number of ether oxygens (including phenoxy) is 2. The Morgan fingerprint density at radius 1 is 1.32 bits per heavy atom. The fourth-order valence-corrected chi connectivity index (χ4v) is 4.12. The number of nitrogens with one attached hydrogen (secondary N) is 1. The predicted molar refractivity (Wildman–Crippen MR) is 72.9 cm³/mol. The Kier molecular flexibility index (Phi) is 2.72. The van der Waals surface area contributed by atoms with Crippen LogP contribution < -0.4 is 5.32 Å². The van der Waals surface area contributed by atoms with E-state index in [1.165, 1.54) is 11.3 Å². The van der Waals surface area contributed by atoms with Crippen molar-refractivity contribution in [2.75, 3.05) is 32.8 Å². The molecule has 4 aliphatic rings. The van der Waals surface area contributed by atoms with Gasteiger partial charge in [0.25, 0.3) is 0 Å². The average Bonchev–Trinajstić information content (AvgIpc) is 2.88. The number of morpholine rings is 1. The van der Waals surface area contributed by atoms with Crippen molar-refractivity contribution >= 4 is 0 Å². The van der Waals surface area contributed by atoms with Gasteiger partial charge >= 0.3 is 0 Å². The molecule has 0 aromatic heterocycles. The first-order valence-electron chi connectivity index (χ1n) is 7.41. The first-order valence-corrected chi connectivity index (χ1v) is 7.41. The van der Waals surface area contributed by atoms with E-state index in [0.717, 1.165) is 45.7 Å². The van der Waals surface area contributed by atoms with Crippen LogP contribution in [0.25, 0.3) is 0 Å². The van der Waals surface area contributed by atoms with Crippen LogP contribution in [0, 0.1) is 0 Å². The van der Waals surface area contributed by atoms with E-state index in [-0.39, 0.29) is 11.7 Å². The SMILES string of the molecule is CC1=C2N(CC=C1)C1COCC1OC21CCNCC1. The number of hydrogen-bond acceptors (Lipinski definition) is 4. The van der Waals surface area contributed by atoms with E-state index >= 15 is 0 Å². The third kappa shape index (κ3) is 1.70. The van der Waals surface area contributed by atoms with Crippen LogP contribution >= 0.6 is 0 Å². The molecule has 1 spiro atoms. The second kappa shape index (κ2) is 4.33. The molecule has 1 N–H and O–H groups in total. The van der Waals surface area contributed by atoms with Crippen molar-refractivity contribution in [3.05, 3.63) is 23.4 Å². The molecule has 4 rings (SSSR count). The molecule has 4 heteroatoms. The number of rotatable bonds is 0. The van der Waals surface area contributed by atoms with Gasteiger partial charge in [0.1, 0.15) is 11.7 Å². The number of nitrogens with zero attached hydrogens (tertiary/aromatic N) is 1. The highest BCUT2D eigenvalue weighted by Gasteiger charge is 2.52. The molecule has 3 saturated heterocycles. The number of piperidine rings is 1. The van der Waals surface area contributed by atoms with Crippen molar-refractivity contribution in [2.45, 2.75) is 37.5 Å². The molecule has 4 nitrogen and oxygen atoms in total. The average molecular weight is 262 g/mol.